The number of hydrogen-bond acceptors (Lipinski definition) is 5. The third-order valence-electron chi connectivity index (χ3n) is 2.85. The number of aromatic amines is 1. The lowest BCUT2D eigenvalue weighted by Crippen LogP contribution is -2.25. The van der Waals surface area contributed by atoms with E-state index in [0.717, 1.165) is 0 Å². The number of azo groups is 1. The number of para-hydroxylation sites is 1. The largest absolute Gasteiger partial charge is 0.493 e. The number of benzene rings is 1. The van der Waals surface area contributed by atoms with Gasteiger partial charge >= 0.3 is 0 Å². The molecule has 2 amide bonds. The quantitative estimate of drug-likeness (QED) is 0.562. The predicted octanol–water partition coefficient (Wildman–Crippen LogP) is 1.22. The summed E-state index contributed by atoms with van der Waals surface area (Å²) in [4.78, 5) is 25.7. The van der Waals surface area contributed by atoms with Crippen LogP contribution in [-0.4, -0.2) is 28.1 Å². The van der Waals surface area contributed by atoms with Crippen LogP contribution in [-0.2, 0) is 9.59 Å². The van der Waals surface area contributed by atoms with Crippen molar-refractivity contribution in [2.24, 2.45) is 21.2 Å². The van der Waals surface area contributed by atoms with Gasteiger partial charge in [0.2, 0.25) is 5.88 Å². The van der Waals surface area contributed by atoms with Gasteiger partial charge in [0.25, 0.3) is 11.8 Å². The third-order valence-corrected chi connectivity index (χ3v) is 2.85. The number of carbonyl (C=O) groups is 2. The zero-order chi connectivity index (χ0) is 14.1. The fourth-order valence-electron chi connectivity index (χ4n) is 1.86. The van der Waals surface area contributed by atoms with Crippen LogP contribution >= 0.6 is 0 Å². The van der Waals surface area contributed by atoms with Crippen LogP contribution in [0.4, 0.5) is 5.69 Å². The van der Waals surface area contributed by atoms with E-state index in [0.29, 0.717) is 10.9 Å². The van der Waals surface area contributed by atoms with Gasteiger partial charge in [0.05, 0.1) is 5.52 Å². The Labute approximate surface area is 112 Å². The predicted molar refractivity (Wildman–Crippen MR) is 69.6 cm³/mol. The number of H-pyrrole nitrogens is 1. The highest BCUT2D eigenvalue weighted by molar-refractivity contribution is 6.15. The molecule has 100 valence electrons. The molecule has 3 rings (SSSR count). The van der Waals surface area contributed by atoms with Crippen LogP contribution in [0.1, 0.15) is 0 Å². The van der Waals surface area contributed by atoms with Gasteiger partial charge in [0.15, 0.2) is 11.6 Å². The minimum atomic E-state index is -1.06. The maximum absolute atomic E-state index is 11.7. The van der Waals surface area contributed by atoms with Crippen molar-refractivity contribution in [2.75, 3.05) is 0 Å². The maximum Gasteiger partial charge on any atom is 0.282 e. The highest BCUT2D eigenvalue weighted by atomic mass is 16.3. The second-order valence-corrected chi connectivity index (χ2v) is 4.14. The van der Waals surface area contributed by atoms with Crippen LogP contribution in [0.25, 0.3) is 10.9 Å². The van der Waals surface area contributed by atoms with E-state index in [1.165, 1.54) is 6.21 Å². The first-order chi connectivity index (χ1) is 9.66. The molecule has 0 spiro atoms. The molecule has 1 aromatic heterocycles. The average molecular weight is 271 g/mol. The first kappa shape index (κ1) is 12.0. The second kappa shape index (κ2) is 4.57. The summed E-state index contributed by atoms with van der Waals surface area (Å²) in [5, 5.41) is 21.0. The summed E-state index contributed by atoms with van der Waals surface area (Å²) in [7, 11) is 0. The Morgan fingerprint density at radius 1 is 1.35 bits per heavy atom. The lowest BCUT2D eigenvalue weighted by atomic mass is 10.1. The molecule has 2 aromatic rings. The number of fused-ring (bicyclic) bond motifs is 1. The van der Waals surface area contributed by atoms with Gasteiger partial charge in [-0.25, -0.2) is 5.43 Å². The molecule has 0 unspecified atom stereocenters. The van der Waals surface area contributed by atoms with Crippen LogP contribution in [0.5, 0.6) is 5.88 Å². The molecule has 0 saturated heterocycles. The molecule has 1 aromatic carbocycles. The molecule has 0 saturated carbocycles. The minimum absolute atomic E-state index is 0.157. The maximum atomic E-state index is 11.7. The van der Waals surface area contributed by atoms with Gasteiger partial charge in [-0.1, -0.05) is 18.2 Å². The van der Waals surface area contributed by atoms with Crippen molar-refractivity contribution in [2.45, 2.75) is 0 Å². The van der Waals surface area contributed by atoms with E-state index in [1.54, 1.807) is 24.3 Å². The van der Waals surface area contributed by atoms with E-state index in [4.69, 9.17) is 0 Å². The number of amides is 2. The average Bonchev–Trinajstić information content (AvgIpc) is 2.99. The van der Waals surface area contributed by atoms with E-state index in [9.17, 15) is 14.7 Å². The van der Waals surface area contributed by atoms with Crippen molar-refractivity contribution in [1.82, 2.24) is 10.4 Å². The number of nitrogens with one attached hydrogen (secondary N) is 2. The van der Waals surface area contributed by atoms with Gasteiger partial charge in [-0.05, 0) is 6.07 Å². The number of nitrogens with zero attached hydrogens (tertiary/aromatic N) is 3. The number of carbonyl (C=O) groups excluding carboxylic acids is 2. The first-order valence-corrected chi connectivity index (χ1v) is 5.75. The highest BCUT2D eigenvalue weighted by Gasteiger charge is 2.28. The molecule has 8 nitrogen and oxygen atoms in total. The summed E-state index contributed by atoms with van der Waals surface area (Å²) in [5.74, 6) is -2.54. The Morgan fingerprint density at radius 2 is 2.15 bits per heavy atom. The van der Waals surface area contributed by atoms with Gasteiger partial charge in [-0.15, -0.1) is 10.2 Å². The van der Waals surface area contributed by atoms with Crippen LogP contribution in [0.2, 0.25) is 0 Å². The molecular weight excluding hydrogens is 262 g/mol. The smallest absolute Gasteiger partial charge is 0.282 e. The number of aromatic hydroxyl groups is 1. The summed E-state index contributed by atoms with van der Waals surface area (Å²) in [6.07, 6.45) is 1.17. The molecule has 0 bridgehead atoms. The van der Waals surface area contributed by atoms with E-state index in [2.05, 4.69) is 25.7 Å². The molecule has 0 aliphatic carbocycles. The molecule has 1 atom stereocenters. The number of rotatable bonds is 2. The fraction of sp³-hybridized carbons (Fsp3) is 0.0833. The Balaban J connectivity index is 1.91. The normalized spacial score (nSPS) is 18.0. The van der Waals surface area contributed by atoms with Crippen molar-refractivity contribution in [1.29, 1.82) is 0 Å². The van der Waals surface area contributed by atoms with Crippen LogP contribution in [0.3, 0.4) is 0 Å². The first-order valence-electron chi connectivity index (χ1n) is 5.75. The van der Waals surface area contributed by atoms with E-state index >= 15 is 0 Å². The van der Waals surface area contributed by atoms with Gasteiger partial charge in [0, 0.05) is 11.6 Å². The van der Waals surface area contributed by atoms with Gasteiger partial charge in [-0.3, -0.25) is 9.59 Å². The summed E-state index contributed by atoms with van der Waals surface area (Å²) in [6.45, 7) is 0. The topological polar surface area (TPSA) is 119 Å². The minimum Gasteiger partial charge on any atom is -0.493 e. The van der Waals surface area contributed by atoms with Crippen molar-refractivity contribution in [3.63, 3.8) is 0 Å². The summed E-state index contributed by atoms with van der Waals surface area (Å²) in [6, 6.07) is 7.05. The monoisotopic (exact) mass is 271 g/mol. The Morgan fingerprint density at radius 3 is 2.90 bits per heavy atom. The molecular formula is C12H9N5O3. The van der Waals surface area contributed by atoms with E-state index in [-0.39, 0.29) is 11.6 Å². The van der Waals surface area contributed by atoms with Crippen molar-refractivity contribution >= 4 is 34.6 Å². The zero-order valence-electron chi connectivity index (χ0n) is 10.1. The van der Waals surface area contributed by atoms with Gasteiger partial charge < -0.3 is 10.1 Å². The van der Waals surface area contributed by atoms with E-state index < -0.39 is 17.7 Å². The number of hydrazone groups is 1. The van der Waals surface area contributed by atoms with E-state index in [1.807, 2.05) is 0 Å². The van der Waals surface area contributed by atoms with Gasteiger partial charge in [-0.2, -0.15) is 5.10 Å². The molecule has 3 N–H and O–H groups in total. The lowest BCUT2D eigenvalue weighted by Gasteiger charge is -1.96. The van der Waals surface area contributed by atoms with Crippen LogP contribution in [0.15, 0.2) is 39.6 Å². The van der Waals surface area contributed by atoms with Gasteiger partial charge in [0.1, 0.15) is 0 Å². The summed E-state index contributed by atoms with van der Waals surface area (Å²) < 4.78 is 0. The summed E-state index contributed by atoms with van der Waals surface area (Å²) in [5.41, 5.74) is 2.97. The highest BCUT2D eigenvalue weighted by Crippen LogP contribution is 2.35. The second-order valence-electron chi connectivity index (χ2n) is 4.14. The number of hydrogen-bond donors (Lipinski definition) is 3. The van der Waals surface area contributed by atoms with Crippen LogP contribution in [0, 0.1) is 5.92 Å². The standard InChI is InChI=1S/C12H9N5O3/c18-10-7(5-13-16-10)11(19)17-15-9-6-3-1-2-4-8(6)14-12(9)20/h1-5,7,14,20H,(H,16,18)/t7-/m1/s1. The van der Waals surface area contributed by atoms with Crippen LogP contribution < -0.4 is 5.43 Å². The fourth-order valence-corrected chi connectivity index (χ4v) is 1.86. The third kappa shape index (κ3) is 1.92. The molecule has 1 aliphatic heterocycles. The molecule has 0 fully saturated rings. The van der Waals surface area contributed by atoms with Crippen molar-refractivity contribution in [3.8, 4) is 5.88 Å². The van der Waals surface area contributed by atoms with Crippen molar-refractivity contribution < 1.29 is 14.7 Å². The lowest BCUT2D eigenvalue weighted by molar-refractivity contribution is -0.129. The van der Waals surface area contributed by atoms with Crippen molar-refractivity contribution in [3.05, 3.63) is 24.3 Å². The molecule has 0 radical (unpaired) electrons. The number of aromatic nitrogens is 1. The molecule has 1 aliphatic rings. The summed E-state index contributed by atoms with van der Waals surface area (Å²) >= 11 is 0. The Hall–Kier alpha value is -3.03. The Bertz CT molecular complexity index is 762. The Kier molecular flexibility index (Phi) is 2.75. The zero-order valence-corrected chi connectivity index (χ0v) is 10.1. The molecule has 2 heterocycles. The molecule has 8 heteroatoms. The SMILES string of the molecule is O=C(N=Nc1c(O)[nH]c2ccccc12)[C@@H]1C=NNC1=O. The molecule has 20 heavy (non-hydrogen) atoms.